The maximum atomic E-state index is 11.7. The molecule has 0 spiro atoms. The maximum Gasteiger partial charge on any atom is 0.237 e. The van der Waals surface area contributed by atoms with E-state index in [1.807, 2.05) is 6.92 Å². The number of carbonyl (C=O) groups is 1. The van der Waals surface area contributed by atoms with Crippen LogP contribution < -0.4 is 11.1 Å². The SMILES string of the molecule is C=CCNC(=O)C(C)N1CCC(N)CC1.Cl. The molecule has 5 heteroatoms. The van der Waals surface area contributed by atoms with Gasteiger partial charge in [0.15, 0.2) is 0 Å². The molecule has 1 atom stereocenters. The summed E-state index contributed by atoms with van der Waals surface area (Å²) in [5.74, 6) is 0.0744. The molecule has 4 nitrogen and oxygen atoms in total. The van der Waals surface area contributed by atoms with Gasteiger partial charge in [0.25, 0.3) is 0 Å². The van der Waals surface area contributed by atoms with Crippen molar-refractivity contribution in [2.75, 3.05) is 19.6 Å². The van der Waals surface area contributed by atoms with Gasteiger partial charge in [-0.1, -0.05) is 6.08 Å². The van der Waals surface area contributed by atoms with Crippen LogP contribution in [0.3, 0.4) is 0 Å². The first-order valence-electron chi connectivity index (χ1n) is 5.53. The van der Waals surface area contributed by atoms with E-state index in [2.05, 4.69) is 16.8 Å². The summed E-state index contributed by atoms with van der Waals surface area (Å²) in [4.78, 5) is 13.8. The van der Waals surface area contributed by atoms with Gasteiger partial charge in [-0.3, -0.25) is 9.69 Å². The average molecular weight is 248 g/mol. The molecule has 1 rings (SSSR count). The Morgan fingerprint density at radius 3 is 2.69 bits per heavy atom. The Labute approximate surface area is 104 Å². The van der Waals surface area contributed by atoms with Crippen molar-refractivity contribution in [2.45, 2.75) is 31.8 Å². The zero-order valence-corrected chi connectivity index (χ0v) is 10.6. The second kappa shape index (κ2) is 7.65. The van der Waals surface area contributed by atoms with Crippen molar-refractivity contribution in [2.24, 2.45) is 5.73 Å². The number of hydrogen-bond acceptors (Lipinski definition) is 3. The zero-order chi connectivity index (χ0) is 11.3. The fourth-order valence-electron chi connectivity index (χ4n) is 1.79. The topological polar surface area (TPSA) is 58.4 Å². The van der Waals surface area contributed by atoms with Crippen molar-refractivity contribution in [3.05, 3.63) is 12.7 Å². The molecular weight excluding hydrogens is 226 g/mol. The van der Waals surface area contributed by atoms with Crippen LogP contribution in [0.1, 0.15) is 19.8 Å². The summed E-state index contributed by atoms with van der Waals surface area (Å²) in [6.45, 7) is 7.89. The zero-order valence-electron chi connectivity index (χ0n) is 9.82. The number of piperidine rings is 1. The van der Waals surface area contributed by atoms with E-state index in [-0.39, 0.29) is 24.4 Å². The van der Waals surface area contributed by atoms with Crippen LogP contribution in [0.5, 0.6) is 0 Å². The molecule has 1 saturated heterocycles. The fourth-order valence-corrected chi connectivity index (χ4v) is 1.79. The molecule has 1 amide bonds. The molecule has 3 N–H and O–H groups in total. The van der Waals surface area contributed by atoms with Gasteiger partial charge < -0.3 is 11.1 Å². The van der Waals surface area contributed by atoms with Crippen molar-refractivity contribution in [3.8, 4) is 0 Å². The summed E-state index contributed by atoms with van der Waals surface area (Å²) >= 11 is 0. The third-order valence-corrected chi connectivity index (χ3v) is 2.92. The number of rotatable bonds is 4. The van der Waals surface area contributed by atoms with Gasteiger partial charge in [-0.2, -0.15) is 0 Å². The molecule has 1 fully saturated rings. The van der Waals surface area contributed by atoms with Crippen LogP contribution in [-0.2, 0) is 4.79 Å². The van der Waals surface area contributed by atoms with Crippen molar-refractivity contribution in [3.63, 3.8) is 0 Å². The molecular formula is C11H22ClN3O. The summed E-state index contributed by atoms with van der Waals surface area (Å²) in [6, 6.07) is 0.252. The quantitative estimate of drug-likeness (QED) is 0.713. The smallest absolute Gasteiger partial charge is 0.237 e. The van der Waals surface area contributed by atoms with E-state index < -0.39 is 0 Å². The molecule has 1 unspecified atom stereocenters. The second-order valence-corrected chi connectivity index (χ2v) is 4.08. The van der Waals surface area contributed by atoms with E-state index >= 15 is 0 Å². The van der Waals surface area contributed by atoms with E-state index in [0.29, 0.717) is 12.6 Å². The van der Waals surface area contributed by atoms with Crippen LogP contribution in [0.4, 0.5) is 0 Å². The Bertz CT molecular complexity index is 227. The third-order valence-electron chi connectivity index (χ3n) is 2.92. The Morgan fingerprint density at radius 2 is 2.19 bits per heavy atom. The number of amides is 1. The standard InChI is InChI=1S/C11H21N3O.ClH/c1-3-6-13-11(15)9(2)14-7-4-10(12)5-8-14;/h3,9-10H,1,4-8,12H2,2H3,(H,13,15);1H. The predicted molar refractivity (Wildman–Crippen MR) is 68.7 cm³/mol. The minimum atomic E-state index is -0.0579. The first-order chi connectivity index (χ1) is 7.15. The van der Waals surface area contributed by atoms with E-state index in [9.17, 15) is 4.79 Å². The van der Waals surface area contributed by atoms with Gasteiger partial charge in [0.05, 0.1) is 6.04 Å². The van der Waals surface area contributed by atoms with Gasteiger partial charge >= 0.3 is 0 Å². The Balaban J connectivity index is 0.00000225. The maximum absolute atomic E-state index is 11.7. The molecule has 0 aromatic carbocycles. The van der Waals surface area contributed by atoms with Crippen LogP contribution in [-0.4, -0.2) is 42.5 Å². The number of carbonyl (C=O) groups excluding carboxylic acids is 1. The van der Waals surface area contributed by atoms with Gasteiger partial charge in [-0.05, 0) is 19.8 Å². The lowest BCUT2D eigenvalue weighted by atomic mass is 10.0. The summed E-state index contributed by atoms with van der Waals surface area (Å²) in [5, 5.41) is 2.81. The highest BCUT2D eigenvalue weighted by Gasteiger charge is 2.24. The van der Waals surface area contributed by atoms with Gasteiger partial charge in [0.1, 0.15) is 0 Å². The number of hydrogen-bond donors (Lipinski definition) is 2. The first kappa shape index (κ1) is 15.4. The monoisotopic (exact) mass is 247 g/mol. The van der Waals surface area contributed by atoms with Crippen LogP contribution in [0.2, 0.25) is 0 Å². The van der Waals surface area contributed by atoms with Crippen LogP contribution in [0.15, 0.2) is 12.7 Å². The lowest BCUT2D eigenvalue weighted by Gasteiger charge is -2.33. The van der Waals surface area contributed by atoms with Crippen molar-refractivity contribution >= 4 is 18.3 Å². The average Bonchev–Trinajstić information content (AvgIpc) is 2.26. The second-order valence-electron chi connectivity index (χ2n) is 4.08. The van der Waals surface area contributed by atoms with Gasteiger partial charge in [-0.25, -0.2) is 0 Å². The minimum Gasteiger partial charge on any atom is -0.351 e. The van der Waals surface area contributed by atoms with Crippen LogP contribution in [0, 0.1) is 0 Å². The highest BCUT2D eigenvalue weighted by Crippen LogP contribution is 2.11. The summed E-state index contributed by atoms with van der Waals surface area (Å²) in [6.07, 6.45) is 3.66. The van der Waals surface area contributed by atoms with E-state index in [0.717, 1.165) is 25.9 Å². The lowest BCUT2D eigenvalue weighted by molar-refractivity contribution is -0.126. The summed E-state index contributed by atoms with van der Waals surface area (Å²) < 4.78 is 0. The van der Waals surface area contributed by atoms with Crippen molar-refractivity contribution in [1.82, 2.24) is 10.2 Å². The van der Waals surface area contributed by atoms with Crippen LogP contribution >= 0.6 is 12.4 Å². The summed E-state index contributed by atoms with van der Waals surface area (Å²) in [5.41, 5.74) is 5.81. The molecule has 0 saturated carbocycles. The van der Waals surface area contributed by atoms with Crippen LogP contribution in [0.25, 0.3) is 0 Å². The van der Waals surface area contributed by atoms with E-state index in [4.69, 9.17) is 5.73 Å². The van der Waals surface area contributed by atoms with Gasteiger partial charge in [-0.15, -0.1) is 19.0 Å². The van der Waals surface area contributed by atoms with E-state index in [1.54, 1.807) is 6.08 Å². The van der Waals surface area contributed by atoms with Gasteiger partial charge in [0.2, 0.25) is 5.91 Å². The molecule has 1 aliphatic heterocycles. The Morgan fingerprint density at radius 1 is 1.62 bits per heavy atom. The Kier molecular flexibility index (Phi) is 7.38. The molecule has 0 aromatic rings. The number of likely N-dealkylation sites (tertiary alicyclic amines) is 1. The van der Waals surface area contributed by atoms with Crippen molar-refractivity contribution < 1.29 is 4.79 Å². The summed E-state index contributed by atoms with van der Waals surface area (Å²) in [7, 11) is 0. The number of halogens is 1. The first-order valence-corrected chi connectivity index (χ1v) is 5.53. The number of nitrogens with one attached hydrogen (secondary N) is 1. The molecule has 94 valence electrons. The van der Waals surface area contributed by atoms with E-state index in [1.165, 1.54) is 0 Å². The Hall–Kier alpha value is -0.580. The highest BCUT2D eigenvalue weighted by molar-refractivity contribution is 5.85. The number of nitrogens with two attached hydrogens (primary N) is 1. The molecule has 0 bridgehead atoms. The predicted octanol–water partition coefficient (Wildman–Crippen LogP) is 0.522. The minimum absolute atomic E-state index is 0. The molecule has 1 heterocycles. The molecule has 16 heavy (non-hydrogen) atoms. The normalized spacial score (nSPS) is 19.6. The van der Waals surface area contributed by atoms with Crippen molar-refractivity contribution in [1.29, 1.82) is 0 Å². The number of nitrogens with zero attached hydrogens (tertiary/aromatic N) is 1. The highest BCUT2D eigenvalue weighted by atomic mass is 35.5. The fraction of sp³-hybridized carbons (Fsp3) is 0.727. The molecule has 0 radical (unpaired) electrons. The molecule has 1 aliphatic rings. The largest absolute Gasteiger partial charge is 0.351 e. The molecule has 0 aromatic heterocycles. The molecule has 0 aliphatic carbocycles. The third kappa shape index (κ3) is 4.51. The lowest BCUT2D eigenvalue weighted by Crippen LogP contribution is -2.50. The van der Waals surface area contributed by atoms with Gasteiger partial charge in [0, 0.05) is 25.7 Å².